The first kappa shape index (κ1) is 13.0. The van der Waals surface area contributed by atoms with Gasteiger partial charge >= 0.3 is 0 Å². The summed E-state index contributed by atoms with van der Waals surface area (Å²) in [5.41, 5.74) is -0.446. The lowest BCUT2D eigenvalue weighted by atomic mass is 10.1. The minimum Gasteiger partial charge on any atom is -0.494 e. The van der Waals surface area contributed by atoms with Crippen LogP contribution in [0.5, 0.6) is 0 Å². The van der Waals surface area contributed by atoms with E-state index in [0.717, 1.165) is 12.1 Å². The molecule has 0 N–H and O–H groups in total. The number of allylic oxidation sites excluding steroid dienone is 1. The summed E-state index contributed by atoms with van der Waals surface area (Å²) in [5, 5.41) is 16.7. The second kappa shape index (κ2) is 5.29. The van der Waals surface area contributed by atoms with Crippen molar-refractivity contribution in [3.63, 3.8) is 0 Å². The smallest absolute Gasteiger partial charge is 0.172 e. The Bertz CT molecular complexity index is 531. The van der Waals surface area contributed by atoms with E-state index in [2.05, 4.69) is 0 Å². The molecule has 0 unspecified atom stereocenters. The van der Waals surface area contributed by atoms with E-state index in [1.807, 2.05) is 0 Å². The van der Waals surface area contributed by atoms with E-state index < -0.39 is 16.7 Å². The molecule has 0 radical (unpaired) electrons. The number of hydrogen-bond acceptors (Lipinski definition) is 3. The van der Waals surface area contributed by atoms with E-state index in [9.17, 15) is 8.78 Å². The number of nitriles is 2. The summed E-state index contributed by atoms with van der Waals surface area (Å²) in [5.74, 6) is -2.19. The number of benzene rings is 1. The highest BCUT2D eigenvalue weighted by Gasteiger charge is 2.15. The van der Waals surface area contributed by atoms with E-state index in [4.69, 9.17) is 26.9 Å². The van der Waals surface area contributed by atoms with Gasteiger partial charge in [-0.1, -0.05) is 11.6 Å². The topological polar surface area (TPSA) is 56.8 Å². The molecule has 0 aromatic heterocycles. The highest BCUT2D eigenvalue weighted by Crippen LogP contribution is 2.26. The van der Waals surface area contributed by atoms with Crippen LogP contribution in [0.4, 0.5) is 8.78 Å². The Morgan fingerprint density at radius 2 is 1.71 bits per heavy atom. The molecule has 0 aliphatic heterocycles. The number of methoxy groups -OCH3 is 1. The third kappa shape index (κ3) is 2.52. The van der Waals surface area contributed by atoms with Gasteiger partial charge < -0.3 is 4.74 Å². The molecule has 17 heavy (non-hydrogen) atoms. The third-order valence-corrected chi connectivity index (χ3v) is 2.26. The predicted molar refractivity (Wildman–Crippen MR) is 56.5 cm³/mol. The minimum absolute atomic E-state index is 0.0648. The van der Waals surface area contributed by atoms with Gasteiger partial charge in [-0.05, 0) is 12.1 Å². The van der Waals surface area contributed by atoms with E-state index in [1.165, 1.54) is 7.11 Å². The molecule has 1 aromatic rings. The normalized spacial score (nSPS) is 9.06. The van der Waals surface area contributed by atoms with Crippen LogP contribution in [0, 0.1) is 34.3 Å². The molecular formula is C11H5ClF2N2O. The molecule has 0 fully saturated rings. The second-order valence-corrected chi connectivity index (χ2v) is 3.26. The summed E-state index contributed by atoms with van der Waals surface area (Å²) < 4.78 is 31.2. The van der Waals surface area contributed by atoms with E-state index >= 15 is 0 Å². The Labute approximate surface area is 101 Å². The molecule has 3 nitrogen and oxygen atoms in total. The largest absolute Gasteiger partial charge is 0.494 e. The zero-order valence-corrected chi connectivity index (χ0v) is 9.35. The Morgan fingerprint density at radius 1 is 1.24 bits per heavy atom. The Morgan fingerprint density at radius 3 is 2.06 bits per heavy atom. The summed E-state index contributed by atoms with van der Waals surface area (Å²) in [7, 11) is 1.19. The van der Waals surface area contributed by atoms with Crippen molar-refractivity contribution in [2.45, 2.75) is 0 Å². The molecule has 6 heteroatoms. The van der Waals surface area contributed by atoms with E-state index in [0.29, 0.717) is 0 Å². The van der Waals surface area contributed by atoms with E-state index in [-0.39, 0.29) is 16.9 Å². The van der Waals surface area contributed by atoms with Gasteiger partial charge in [-0.15, -0.1) is 0 Å². The molecule has 0 saturated carbocycles. The van der Waals surface area contributed by atoms with Gasteiger partial charge in [0.05, 0.1) is 7.11 Å². The van der Waals surface area contributed by atoms with Crippen molar-refractivity contribution in [1.29, 1.82) is 10.5 Å². The maximum Gasteiger partial charge on any atom is 0.172 e. The van der Waals surface area contributed by atoms with Crippen molar-refractivity contribution in [3.8, 4) is 12.1 Å². The van der Waals surface area contributed by atoms with Crippen molar-refractivity contribution < 1.29 is 13.5 Å². The van der Waals surface area contributed by atoms with Crippen molar-refractivity contribution in [3.05, 3.63) is 39.9 Å². The maximum absolute atomic E-state index is 13.2. The molecule has 0 aliphatic rings. The molecule has 0 atom stereocenters. The van der Waals surface area contributed by atoms with Crippen molar-refractivity contribution >= 4 is 17.4 Å². The molecule has 0 amide bonds. The monoisotopic (exact) mass is 254 g/mol. The van der Waals surface area contributed by atoms with Crippen LogP contribution in [0.25, 0.3) is 5.76 Å². The molecule has 0 heterocycles. The maximum atomic E-state index is 13.2. The van der Waals surface area contributed by atoms with Crippen molar-refractivity contribution in [2.24, 2.45) is 0 Å². The molecule has 86 valence electrons. The van der Waals surface area contributed by atoms with Gasteiger partial charge in [-0.25, -0.2) is 8.78 Å². The van der Waals surface area contributed by atoms with Crippen LogP contribution >= 0.6 is 11.6 Å². The Balaban J connectivity index is 3.50. The lowest BCUT2D eigenvalue weighted by molar-refractivity contribution is 0.368. The molecule has 0 spiro atoms. The molecule has 1 rings (SSSR count). The lowest BCUT2D eigenvalue weighted by Crippen LogP contribution is -1.95. The molecule has 0 aliphatic carbocycles. The zero-order chi connectivity index (χ0) is 13.0. The second-order valence-electron chi connectivity index (χ2n) is 2.89. The molecule has 0 saturated heterocycles. The number of ether oxygens (including phenoxy) is 1. The minimum atomic E-state index is -0.994. The van der Waals surface area contributed by atoms with Gasteiger partial charge in [-0.3, -0.25) is 0 Å². The first-order valence-electron chi connectivity index (χ1n) is 4.28. The highest BCUT2D eigenvalue weighted by molar-refractivity contribution is 6.30. The zero-order valence-electron chi connectivity index (χ0n) is 8.59. The van der Waals surface area contributed by atoms with Gasteiger partial charge in [0.2, 0.25) is 0 Å². The predicted octanol–water partition coefficient (Wildman–Crippen LogP) is 3.02. The van der Waals surface area contributed by atoms with Crippen LogP contribution in [0.15, 0.2) is 17.7 Å². The molecule has 1 aromatic carbocycles. The van der Waals surface area contributed by atoms with Gasteiger partial charge in [0.15, 0.2) is 11.3 Å². The van der Waals surface area contributed by atoms with Crippen LogP contribution in [-0.2, 0) is 4.74 Å². The van der Waals surface area contributed by atoms with Crippen LogP contribution in [0.2, 0.25) is 5.02 Å². The summed E-state index contributed by atoms with van der Waals surface area (Å²) in [4.78, 5) is 0. The summed E-state index contributed by atoms with van der Waals surface area (Å²) >= 11 is 5.31. The standard InChI is InChI=1S/C11H5ClF2N2O/c1-17-11(7(4-15)5-16)6-2-8(13)10(12)9(14)3-6/h2-3H,1H3. The van der Waals surface area contributed by atoms with Crippen molar-refractivity contribution in [2.75, 3.05) is 7.11 Å². The Hall–Kier alpha value is -2.11. The van der Waals surface area contributed by atoms with Crippen LogP contribution < -0.4 is 0 Å². The molecule has 0 bridgehead atoms. The fraction of sp³-hybridized carbons (Fsp3) is 0.0909. The average Bonchev–Trinajstić information content (AvgIpc) is 2.32. The summed E-state index contributed by atoms with van der Waals surface area (Å²) in [6.45, 7) is 0. The number of halogens is 3. The lowest BCUT2D eigenvalue weighted by Gasteiger charge is -2.07. The Kier molecular flexibility index (Phi) is 4.03. The van der Waals surface area contributed by atoms with Crippen LogP contribution in [0.3, 0.4) is 0 Å². The summed E-state index contributed by atoms with van der Waals surface area (Å²) in [6.07, 6.45) is 0. The van der Waals surface area contributed by atoms with E-state index in [1.54, 1.807) is 12.1 Å². The van der Waals surface area contributed by atoms with Crippen LogP contribution in [-0.4, -0.2) is 7.11 Å². The first-order valence-corrected chi connectivity index (χ1v) is 4.66. The van der Waals surface area contributed by atoms with Gasteiger partial charge in [0.25, 0.3) is 0 Å². The van der Waals surface area contributed by atoms with Gasteiger partial charge in [-0.2, -0.15) is 10.5 Å². The highest BCUT2D eigenvalue weighted by atomic mass is 35.5. The van der Waals surface area contributed by atoms with Crippen LogP contribution in [0.1, 0.15) is 5.56 Å². The third-order valence-electron chi connectivity index (χ3n) is 1.90. The van der Waals surface area contributed by atoms with Crippen molar-refractivity contribution in [1.82, 2.24) is 0 Å². The van der Waals surface area contributed by atoms with Gasteiger partial charge in [0.1, 0.15) is 28.8 Å². The summed E-state index contributed by atoms with van der Waals surface area (Å²) in [6, 6.07) is 4.92. The molecular weight excluding hydrogens is 250 g/mol. The number of rotatable bonds is 2. The fourth-order valence-corrected chi connectivity index (χ4v) is 1.29. The average molecular weight is 255 g/mol. The number of nitrogens with zero attached hydrogens (tertiary/aromatic N) is 2. The first-order chi connectivity index (χ1) is 8.04. The number of hydrogen-bond donors (Lipinski definition) is 0. The van der Waals surface area contributed by atoms with Gasteiger partial charge in [0, 0.05) is 5.56 Å². The quantitative estimate of drug-likeness (QED) is 0.463. The SMILES string of the molecule is COC(=C(C#N)C#N)c1cc(F)c(Cl)c(F)c1. The fourth-order valence-electron chi connectivity index (χ4n) is 1.18.